The molecule has 1 aliphatic heterocycles. The Balaban J connectivity index is 1.51. The molecule has 0 bridgehead atoms. The molecule has 1 saturated heterocycles. The summed E-state index contributed by atoms with van der Waals surface area (Å²) in [5, 5.41) is 2.99. The van der Waals surface area contributed by atoms with E-state index in [1.165, 1.54) is 9.87 Å². The number of carbonyl (C=O) groups is 1. The van der Waals surface area contributed by atoms with Crippen LogP contribution in [0.1, 0.15) is 24.0 Å². The highest BCUT2D eigenvalue weighted by Gasteiger charge is 2.32. The molecule has 144 valence electrons. The van der Waals surface area contributed by atoms with E-state index in [0.717, 1.165) is 12.0 Å². The predicted octanol–water partition coefficient (Wildman–Crippen LogP) is 2.75. The number of benzene rings is 2. The second-order valence-electron chi connectivity index (χ2n) is 6.97. The van der Waals surface area contributed by atoms with Gasteiger partial charge in [-0.1, -0.05) is 48.5 Å². The molecule has 0 atom stereocenters. The van der Waals surface area contributed by atoms with Gasteiger partial charge in [-0.05, 0) is 43.4 Å². The molecule has 5 nitrogen and oxygen atoms in total. The van der Waals surface area contributed by atoms with Crippen LogP contribution in [-0.2, 0) is 21.2 Å². The standard InChI is InChI=1S/C21H26N2O3S/c1-17-7-5-6-10-20(17)27(25,26)23-15-12-19(13-16-23)21(24)22-14-11-18-8-3-2-4-9-18/h2-10,19H,11-16H2,1H3,(H,22,24). The number of aryl methyl sites for hydroxylation is 1. The average Bonchev–Trinajstić information content (AvgIpc) is 2.69. The van der Waals surface area contributed by atoms with Gasteiger partial charge >= 0.3 is 0 Å². The van der Waals surface area contributed by atoms with Crippen molar-refractivity contribution in [3.05, 3.63) is 65.7 Å². The first-order valence-electron chi connectivity index (χ1n) is 9.36. The molecule has 0 spiro atoms. The third-order valence-corrected chi connectivity index (χ3v) is 7.15. The third kappa shape index (κ3) is 4.76. The highest BCUT2D eigenvalue weighted by molar-refractivity contribution is 7.89. The van der Waals surface area contributed by atoms with Crippen LogP contribution < -0.4 is 5.32 Å². The number of amides is 1. The summed E-state index contributed by atoms with van der Waals surface area (Å²) in [6.45, 7) is 3.17. The Morgan fingerprint density at radius 3 is 2.33 bits per heavy atom. The van der Waals surface area contributed by atoms with Gasteiger partial charge in [0.25, 0.3) is 0 Å². The van der Waals surface area contributed by atoms with E-state index in [4.69, 9.17) is 0 Å². The molecule has 0 radical (unpaired) electrons. The van der Waals surface area contributed by atoms with E-state index in [1.54, 1.807) is 25.1 Å². The second kappa shape index (κ2) is 8.67. The van der Waals surface area contributed by atoms with Crippen molar-refractivity contribution in [2.45, 2.75) is 31.1 Å². The van der Waals surface area contributed by atoms with Gasteiger partial charge < -0.3 is 5.32 Å². The summed E-state index contributed by atoms with van der Waals surface area (Å²) < 4.78 is 27.2. The largest absolute Gasteiger partial charge is 0.356 e. The number of sulfonamides is 1. The number of carbonyl (C=O) groups excluding carboxylic acids is 1. The van der Waals surface area contributed by atoms with Crippen molar-refractivity contribution in [2.24, 2.45) is 5.92 Å². The van der Waals surface area contributed by atoms with E-state index in [0.29, 0.717) is 37.4 Å². The van der Waals surface area contributed by atoms with Crippen LogP contribution in [0.25, 0.3) is 0 Å². The highest BCUT2D eigenvalue weighted by Crippen LogP contribution is 2.25. The van der Waals surface area contributed by atoms with E-state index >= 15 is 0 Å². The van der Waals surface area contributed by atoms with Crippen LogP contribution in [0.5, 0.6) is 0 Å². The Morgan fingerprint density at radius 1 is 1.04 bits per heavy atom. The minimum absolute atomic E-state index is 0.0267. The first-order chi connectivity index (χ1) is 13.0. The molecule has 1 aliphatic rings. The lowest BCUT2D eigenvalue weighted by molar-refractivity contribution is -0.126. The highest BCUT2D eigenvalue weighted by atomic mass is 32.2. The van der Waals surface area contributed by atoms with Gasteiger partial charge in [0.1, 0.15) is 0 Å². The molecule has 0 aromatic heterocycles. The molecule has 1 N–H and O–H groups in total. The summed E-state index contributed by atoms with van der Waals surface area (Å²) in [6, 6.07) is 17.1. The normalized spacial score (nSPS) is 16.2. The van der Waals surface area contributed by atoms with Gasteiger partial charge in [-0.2, -0.15) is 4.31 Å². The van der Waals surface area contributed by atoms with Crippen molar-refractivity contribution >= 4 is 15.9 Å². The summed E-state index contributed by atoms with van der Waals surface area (Å²) >= 11 is 0. The number of hydrogen-bond acceptors (Lipinski definition) is 3. The fourth-order valence-electron chi connectivity index (χ4n) is 3.46. The van der Waals surface area contributed by atoms with E-state index < -0.39 is 10.0 Å². The van der Waals surface area contributed by atoms with Crippen LogP contribution in [0, 0.1) is 12.8 Å². The summed E-state index contributed by atoms with van der Waals surface area (Å²) in [6.07, 6.45) is 1.91. The molecule has 0 unspecified atom stereocenters. The van der Waals surface area contributed by atoms with E-state index in [2.05, 4.69) is 5.32 Å². The smallest absolute Gasteiger partial charge is 0.243 e. The van der Waals surface area contributed by atoms with Crippen LogP contribution in [-0.4, -0.2) is 38.3 Å². The molecule has 0 aliphatic carbocycles. The lowest BCUT2D eigenvalue weighted by atomic mass is 9.97. The summed E-state index contributed by atoms with van der Waals surface area (Å²) in [5.41, 5.74) is 1.94. The number of nitrogens with zero attached hydrogens (tertiary/aromatic N) is 1. The monoisotopic (exact) mass is 386 g/mol. The number of rotatable bonds is 6. The molecule has 1 fully saturated rings. The van der Waals surface area contributed by atoms with Crippen molar-refractivity contribution in [3.63, 3.8) is 0 Å². The molecule has 1 amide bonds. The van der Waals surface area contributed by atoms with E-state index in [9.17, 15) is 13.2 Å². The molecule has 0 saturated carbocycles. The minimum Gasteiger partial charge on any atom is -0.356 e. The molecule has 2 aromatic carbocycles. The zero-order valence-electron chi connectivity index (χ0n) is 15.6. The van der Waals surface area contributed by atoms with Crippen molar-refractivity contribution in [3.8, 4) is 0 Å². The zero-order chi connectivity index (χ0) is 19.3. The lowest BCUT2D eigenvalue weighted by Gasteiger charge is -2.31. The quantitative estimate of drug-likeness (QED) is 0.830. The van der Waals surface area contributed by atoms with Gasteiger partial charge in [0.2, 0.25) is 15.9 Å². The maximum Gasteiger partial charge on any atom is 0.243 e. The Kier molecular flexibility index (Phi) is 6.29. The molecule has 2 aromatic rings. The van der Waals surface area contributed by atoms with Crippen molar-refractivity contribution < 1.29 is 13.2 Å². The van der Waals surface area contributed by atoms with Gasteiger partial charge in [0, 0.05) is 25.6 Å². The van der Waals surface area contributed by atoms with Crippen LogP contribution in [0.2, 0.25) is 0 Å². The predicted molar refractivity (Wildman–Crippen MR) is 106 cm³/mol. The summed E-state index contributed by atoms with van der Waals surface area (Å²) in [4.78, 5) is 12.7. The van der Waals surface area contributed by atoms with E-state index in [-0.39, 0.29) is 11.8 Å². The van der Waals surface area contributed by atoms with Crippen LogP contribution in [0.4, 0.5) is 0 Å². The summed E-state index contributed by atoms with van der Waals surface area (Å²) in [5.74, 6) is -0.0945. The van der Waals surface area contributed by atoms with Crippen molar-refractivity contribution in [1.29, 1.82) is 0 Å². The van der Waals surface area contributed by atoms with Crippen LogP contribution in [0.3, 0.4) is 0 Å². The molecule has 6 heteroatoms. The third-order valence-electron chi connectivity index (χ3n) is 5.09. The van der Waals surface area contributed by atoms with Gasteiger partial charge in [0.15, 0.2) is 0 Å². The van der Waals surface area contributed by atoms with Crippen molar-refractivity contribution in [2.75, 3.05) is 19.6 Å². The molecular weight excluding hydrogens is 360 g/mol. The number of piperidine rings is 1. The van der Waals surface area contributed by atoms with Gasteiger partial charge in [-0.3, -0.25) is 4.79 Å². The average molecular weight is 387 g/mol. The topological polar surface area (TPSA) is 66.5 Å². The molecule has 1 heterocycles. The molecular formula is C21H26N2O3S. The van der Waals surface area contributed by atoms with Crippen molar-refractivity contribution in [1.82, 2.24) is 9.62 Å². The second-order valence-corrected chi connectivity index (χ2v) is 8.88. The van der Waals surface area contributed by atoms with Gasteiger partial charge in [-0.15, -0.1) is 0 Å². The Morgan fingerprint density at radius 2 is 1.67 bits per heavy atom. The van der Waals surface area contributed by atoms with Gasteiger partial charge in [0.05, 0.1) is 4.90 Å². The Hall–Kier alpha value is -2.18. The maximum absolute atomic E-state index is 12.8. The maximum atomic E-state index is 12.8. The van der Waals surface area contributed by atoms with Crippen LogP contribution >= 0.6 is 0 Å². The summed E-state index contributed by atoms with van der Waals surface area (Å²) in [7, 11) is -3.49. The molecule has 27 heavy (non-hydrogen) atoms. The molecule has 3 rings (SSSR count). The Labute approximate surface area is 161 Å². The first kappa shape index (κ1) is 19.6. The fraction of sp³-hybridized carbons (Fsp3) is 0.381. The van der Waals surface area contributed by atoms with E-state index in [1.807, 2.05) is 36.4 Å². The SMILES string of the molecule is Cc1ccccc1S(=O)(=O)N1CCC(C(=O)NCCc2ccccc2)CC1. The first-order valence-corrected chi connectivity index (χ1v) is 10.8. The lowest BCUT2D eigenvalue weighted by Crippen LogP contribution is -2.43. The number of nitrogens with one attached hydrogen (secondary N) is 1. The fourth-order valence-corrected chi connectivity index (χ4v) is 5.16. The van der Waals surface area contributed by atoms with Gasteiger partial charge in [-0.25, -0.2) is 8.42 Å². The van der Waals surface area contributed by atoms with Crippen LogP contribution in [0.15, 0.2) is 59.5 Å². The zero-order valence-corrected chi connectivity index (χ0v) is 16.4. The number of hydrogen-bond donors (Lipinski definition) is 1. The Bertz CT molecular complexity index is 873. The minimum atomic E-state index is -3.49.